The Morgan fingerprint density at radius 2 is 2.00 bits per heavy atom. The first-order valence-electron chi connectivity index (χ1n) is 8.35. The van der Waals surface area contributed by atoms with E-state index < -0.39 is 0 Å². The van der Waals surface area contributed by atoms with Crippen molar-refractivity contribution >= 4 is 28.1 Å². The maximum absolute atomic E-state index is 12.5. The molecule has 0 aliphatic carbocycles. The number of ether oxygens (including phenoxy) is 1. The predicted octanol–water partition coefficient (Wildman–Crippen LogP) is 4.53. The second-order valence-electron chi connectivity index (χ2n) is 5.87. The summed E-state index contributed by atoms with van der Waals surface area (Å²) in [7, 11) is 3.89. The Morgan fingerprint density at radius 3 is 2.77 bits per heavy atom. The van der Waals surface area contributed by atoms with E-state index in [1.54, 1.807) is 6.07 Å². The van der Waals surface area contributed by atoms with Crippen LogP contribution in [0, 0.1) is 0 Å². The molecule has 0 fully saturated rings. The van der Waals surface area contributed by atoms with Crippen LogP contribution < -0.4 is 15.0 Å². The predicted molar refractivity (Wildman–Crippen MR) is 107 cm³/mol. The van der Waals surface area contributed by atoms with Crippen molar-refractivity contribution in [2.45, 2.75) is 6.92 Å². The third-order valence-corrected chi connectivity index (χ3v) is 4.57. The number of thiazole rings is 1. The van der Waals surface area contributed by atoms with Crippen molar-refractivity contribution < 1.29 is 9.53 Å². The van der Waals surface area contributed by atoms with Crippen molar-refractivity contribution in [2.24, 2.45) is 0 Å². The van der Waals surface area contributed by atoms with Gasteiger partial charge in [-0.3, -0.25) is 10.1 Å². The van der Waals surface area contributed by atoms with E-state index in [-0.39, 0.29) is 5.91 Å². The first-order valence-corrected chi connectivity index (χ1v) is 9.23. The van der Waals surface area contributed by atoms with E-state index in [1.807, 2.05) is 73.8 Å². The molecule has 6 heteroatoms. The highest BCUT2D eigenvalue weighted by atomic mass is 32.1. The number of carbonyl (C=O) groups is 1. The maximum atomic E-state index is 12.5. The van der Waals surface area contributed by atoms with Gasteiger partial charge >= 0.3 is 0 Å². The highest BCUT2D eigenvalue weighted by Gasteiger charge is 2.13. The molecule has 3 rings (SSSR count). The van der Waals surface area contributed by atoms with Crippen LogP contribution in [0.5, 0.6) is 5.75 Å². The van der Waals surface area contributed by atoms with Gasteiger partial charge in [0.15, 0.2) is 5.13 Å². The van der Waals surface area contributed by atoms with Crippen molar-refractivity contribution in [1.29, 1.82) is 0 Å². The third-order valence-electron chi connectivity index (χ3n) is 3.81. The lowest BCUT2D eigenvalue weighted by Crippen LogP contribution is -2.14. The Kier molecular flexibility index (Phi) is 5.53. The largest absolute Gasteiger partial charge is 0.493 e. The molecular formula is C20H21N3O2S. The number of amides is 1. The fraction of sp³-hybridized carbons (Fsp3) is 0.200. The van der Waals surface area contributed by atoms with Crippen molar-refractivity contribution in [1.82, 2.24) is 4.98 Å². The van der Waals surface area contributed by atoms with Crippen molar-refractivity contribution in [2.75, 3.05) is 30.9 Å². The minimum Gasteiger partial charge on any atom is -0.493 e. The van der Waals surface area contributed by atoms with Gasteiger partial charge in [-0.25, -0.2) is 4.98 Å². The molecular weight excluding hydrogens is 346 g/mol. The lowest BCUT2D eigenvalue weighted by molar-refractivity contribution is 0.102. The topological polar surface area (TPSA) is 54.5 Å². The van der Waals surface area contributed by atoms with Crippen LogP contribution in [0.1, 0.15) is 17.3 Å². The van der Waals surface area contributed by atoms with Gasteiger partial charge in [0.05, 0.1) is 12.3 Å². The Bertz CT molecular complexity index is 905. The van der Waals surface area contributed by atoms with E-state index in [1.165, 1.54) is 11.3 Å². The number of anilines is 2. The van der Waals surface area contributed by atoms with Gasteiger partial charge in [-0.1, -0.05) is 18.2 Å². The van der Waals surface area contributed by atoms with Gasteiger partial charge in [0.2, 0.25) is 0 Å². The number of rotatable bonds is 6. The number of nitrogens with one attached hydrogen (secondary N) is 1. The van der Waals surface area contributed by atoms with E-state index in [0.717, 1.165) is 22.7 Å². The Labute approximate surface area is 157 Å². The lowest BCUT2D eigenvalue weighted by Gasteiger charge is -2.13. The molecule has 0 saturated carbocycles. The van der Waals surface area contributed by atoms with Gasteiger partial charge in [-0.05, 0) is 37.3 Å². The molecule has 0 atom stereocenters. The van der Waals surface area contributed by atoms with Crippen LogP contribution in [0.2, 0.25) is 0 Å². The van der Waals surface area contributed by atoms with Gasteiger partial charge in [-0.2, -0.15) is 0 Å². The average Bonchev–Trinajstić information content (AvgIpc) is 3.11. The lowest BCUT2D eigenvalue weighted by atomic mass is 10.1. The first kappa shape index (κ1) is 17.9. The molecule has 26 heavy (non-hydrogen) atoms. The number of aromatic nitrogens is 1. The quantitative estimate of drug-likeness (QED) is 0.696. The molecule has 1 heterocycles. The molecule has 134 valence electrons. The zero-order valence-electron chi connectivity index (χ0n) is 15.0. The summed E-state index contributed by atoms with van der Waals surface area (Å²) in [5, 5.41) is 5.36. The van der Waals surface area contributed by atoms with Crippen LogP contribution in [0.3, 0.4) is 0 Å². The van der Waals surface area contributed by atoms with Crippen LogP contribution >= 0.6 is 11.3 Å². The molecule has 0 bridgehead atoms. The van der Waals surface area contributed by atoms with Crippen LogP contribution in [0.25, 0.3) is 11.3 Å². The van der Waals surface area contributed by atoms with E-state index in [2.05, 4.69) is 10.3 Å². The normalized spacial score (nSPS) is 10.4. The van der Waals surface area contributed by atoms with Gasteiger partial charge in [-0.15, -0.1) is 11.3 Å². The van der Waals surface area contributed by atoms with Crippen LogP contribution in [-0.4, -0.2) is 31.6 Å². The smallest absolute Gasteiger partial charge is 0.257 e. The summed E-state index contributed by atoms with van der Waals surface area (Å²) in [5.41, 5.74) is 3.28. The summed E-state index contributed by atoms with van der Waals surface area (Å²) in [6.07, 6.45) is 0. The number of carbonyl (C=O) groups excluding carboxylic acids is 1. The summed E-state index contributed by atoms with van der Waals surface area (Å²) in [4.78, 5) is 19.0. The first-order chi connectivity index (χ1) is 12.6. The molecule has 0 aliphatic rings. The standard InChI is InChI=1S/C20H21N3O2S/c1-4-25-18-11-6-5-10-16(18)17-13-26-20(21-17)22-19(24)14-8-7-9-15(12-14)23(2)3/h5-13H,4H2,1-3H3,(H,21,22,24). The van der Waals surface area contributed by atoms with E-state index in [9.17, 15) is 4.79 Å². The van der Waals surface area contributed by atoms with Crippen molar-refractivity contribution in [3.63, 3.8) is 0 Å². The van der Waals surface area contributed by atoms with Crippen LogP contribution in [0.4, 0.5) is 10.8 Å². The molecule has 0 unspecified atom stereocenters. The molecule has 1 amide bonds. The van der Waals surface area contributed by atoms with Crippen molar-refractivity contribution in [3.05, 3.63) is 59.5 Å². The molecule has 1 N–H and O–H groups in total. The maximum Gasteiger partial charge on any atom is 0.257 e. The highest BCUT2D eigenvalue weighted by molar-refractivity contribution is 7.14. The fourth-order valence-electron chi connectivity index (χ4n) is 2.51. The zero-order valence-corrected chi connectivity index (χ0v) is 15.8. The van der Waals surface area contributed by atoms with Gasteiger partial charge in [0.25, 0.3) is 5.91 Å². The molecule has 3 aromatic rings. The summed E-state index contributed by atoms with van der Waals surface area (Å²) in [5.74, 6) is 0.615. The molecule has 5 nitrogen and oxygen atoms in total. The number of hydrogen-bond acceptors (Lipinski definition) is 5. The number of nitrogens with zero attached hydrogens (tertiary/aromatic N) is 2. The minimum absolute atomic E-state index is 0.173. The Balaban J connectivity index is 1.79. The Hall–Kier alpha value is -2.86. The second kappa shape index (κ2) is 8.01. The van der Waals surface area contributed by atoms with E-state index in [4.69, 9.17) is 4.74 Å². The fourth-order valence-corrected chi connectivity index (χ4v) is 3.21. The summed E-state index contributed by atoms with van der Waals surface area (Å²) in [6, 6.07) is 15.2. The molecule has 0 aliphatic heterocycles. The average molecular weight is 367 g/mol. The molecule has 2 aromatic carbocycles. The monoisotopic (exact) mass is 367 g/mol. The number of para-hydroxylation sites is 1. The second-order valence-corrected chi connectivity index (χ2v) is 6.72. The third kappa shape index (κ3) is 4.03. The molecule has 0 radical (unpaired) electrons. The van der Waals surface area contributed by atoms with Crippen LogP contribution in [0.15, 0.2) is 53.9 Å². The summed E-state index contributed by atoms with van der Waals surface area (Å²) >= 11 is 1.40. The van der Waals surface area contributed by atoms with Crippen LogP contribution in [-0.2, 0) is 0 Å². The summed E-state index contributed by atoms with van der Waals surface area (Å²) < 4.78 is 5.66. The number of benzene rings is 2. The number of hydrogen-bond donors (Lipinski definition) is 1. The minimum atomic E-state index is -0.173. The summed E-state index contributed by atoms with van der Waals surface area (Å²) in [6.45, 7) is 2.54. The van der Waals surface area contributed by atoms with E-state index in [0.29, 0.717) is 17.3 Å². The van der Waals surface area contributed by atoms with Gasteiger partial charge in [0, 0.05) is 36.3 Å². The zero-order chi connectivity index (χ0) is 18.5. The van der Waals surface area contributed by atoms with Crippen molar-refractivity contribution in [3.8, 4) is 17.0 Å². The SMILES string of the molecule is CCOc1ccccc1-c1csc(NC(=O)c2cccc(N(C)C)c2)n1. The Morgan fingerprint density at radius 1 is 1.19 bits per heavy atom. The molecule has 1 aromatic heterocycles. The van der Waals surface area contributed by atoms with Gasteiger partial charge < -0.3 is 9.64 Å². The molecule has 0 spiro atoms. The van der Waals surface area contributed by atoms with E-state index >= 15 is 0 Å². The highest BCUT2D eigenvalue weighted by Crippen LogP contribution is 2.32. The van der Waals surface area contributed by atoms with Gasteiger partial charge in [0.1, 0.15) is 5.75 Å². The molecule has 0 saturated heterocycles.